The van der Waals surface area contributed by atoms with E-state index in [1.165, 1.54) is 0 Å². The van der Waals surface area contributed by atoms with Gasteiger partial charge in [-0.05, 0) is 0 Å². The molecule has 0 aromatic carbocycles. The summed E-state index contributed by atoms with van der Waals surface area (Å²) in [6.07, 6.45) is 0. The van der Waals surface area contributed by atoms with E-state index in [1.807, 2.05) is 0 Å². The maximum Gasteiger partial charge on any atom is 0.153 e. The first-order valence-electron chi connectivity index (χ1n) is 1.66. The van der Waals surface area contributed by atoms with Gasteiger partial charge in [0.1, 0.15) is 0 Å². The van der Waals surface area contributed by atoms with E-state index in [0.717, 1.165) is 0 Å². The third-order valence-electron chi connectivity index (χ3n) is 0.335. The second-order valence-electron chi connectivity index (χ2n) is 0.874. The summed E-state index contributed by atoms with van der Waals surface area (Å²) in [4.78, 5) is 0. The quantitative estimate of drug-likeness (QED) is 0.356. The number of hydrogen-bond acceptors (Lipinski definition) is 3. The summed E-state index contributed by atoms with van der Waals surface area (Å²) < 4.78 is 19.4. The molecule has 0 aromatic rings. The van der Waals surface area contributed by atoms with Crippen molar-refractivity contribution in [1.29, 1.82) is 0 Å². The summed E-state index contributed by atoms with van der Waals surface area (Å²) in [5.74, 6) is 0.0561. The molecule has 44 valence electrons. The Morgan fingerprint density at radius 3 is 2.29 bits per heavy atom. The average molecular weight is 188 g/mol. The minimum Gasteiger partial charge on any atom is -0.294 e. The molecule has 0 rings (SSSR count). The Bertz CT molecular complexity index is 93.9. The molecule has 0 aliphatic rings. The Labute approximate surface area is 52.2 Å². The maximum atomic E-state index is 9.71. The van der Waals surface area contributed by atoms with Crippen molar-refractivity contribution in [3.05, 3.63) is 0 Å². The molecule has 0 saturated heterocycles. The van der Waals surface area contributed by atoms with Gasteiger partial charge in [-0.1, -0.05) is 15.9 Å². The van der Waals surface area contributed by atoms with Crippen LogP contribution in [-0.2, 0) is 10.7 Å². The van der Waals surface area contributed by atoms with Crippen molar-refractivity contribution in [2.24, 2.45) is 0 Å². The second kappa shape index (κ2) is 4.55. The Morgan fingerprint density at radius 1 is 1.57 bits per heavy atom. The first-order chi connectivity index (χ1) is 3.27. The highest BCUT2D eigenvalue weighted by atomic mass is 79.9. The van der Waals surface area contributed by atoms with Crippen LogP contribution in [0.4, 0.5) is 0 Å². The van der Waals surface area contributed by atoms with Crippen molar-refractivity contribution in [1.82, 2.24) is 5.32 Å². The van der Waals surface area contributed by atoms with Crippen LogP contribution < -0.4 is 5.32 Å². The van der Waals surface area contributed by atoms with Crippen LogP contribution in [0.5, 0.6) is 0 Å². The molecule has 0 spiro atoms. The third-order valence-corrected chi connectivity index (χ3v) is 1.21. The van der Waals surface area contributed by atoms with Gasteiger partial charge in [0.05, 0.1) is 11.3 Å². The highest BCUT2D eigenvalue weighted by Crippen LogP contribution is 1.69. The van der Waals surface area contributed by atoms with Crippen LogP contribution in [0.1, 0.15) is 0 Å². The summed E-state index contributed by atoms with van der Waals surface area (Å²) in [6.45, 7) is 0. The monoisotopic (exact) mass is 187 g/mol. The molecule has 0 bridgehead atoms. The van der Waals surface area contributed by atoms with E-state index in [-0.39, 0.29) is 5.88 Å². The van der Waals surface area contributed by atoms with Crippen LogP contribution >= 0.6 is 15.9 Å². The lowest BCUT2D eigenvalue weighted by molar-refractivity contribution is 0.610. The fraction of sp³-hybridized carbons (Fsp3) is 1.00. The Morgan fingerprint density at radius 2 is 2.14 bits per heavy atom. The normalized spacial score (nSPS) is 10.0. The smallest absolute Gasteiger partial charge is 0.153 e. The summed E-state index contributed by atoms with van der Waals surface area (Å²) in [6, 6.07) is 0. The van der Waals surface area contributed by atoms with E-state index < -0.39 is 10.7 Å². The molecule has 0 unspecified atom stereocenters. The van der Waals surface area contributed by atoms with Gasteiger partial charge >= 0.3 is 0 Å². The van der Waals surface area contributed by atoms with E-state index in [1.54, 1.807) is 0 Å². The zero-order valence-corrected chi connectivity index (χ0v) is 6.04. The average Bonchev–Trinajstić information content (AvgIpc) is 1.61. The van der Waals surface area contributed by atoms with E-state index in [0.29, 0.717) is 5.45 Å². The Balaban J connectivity index is 2.98. The fourth-order valence-electron chi connectivity index (χ4n) is 0.134. The highest BCUT2D eigenvalue weighted by Gasteiger charge is 1.79. The second-order valence-corrected chi connectivity index (χ2v) is 2.42. The number of nitrogens with one attached hydrogen (secondary N) is 1. The summed E-state index contributed by atoms with van der Waals surface area (Å²) >= 11 is 3.00. The van der Waals surface area contributed by atoms with Gasteiger partial charge in [-0.25, -0.2) is 8.42 Å². The maximum absolute atomic E-state index is 9.71. The molecule has 0 saturated carbocycles. The molecule has 7 heavy (non-hydrogen) atoms. The van der Waals surface area contributed by atoms with Crippen LogP contribution in [0.2, 0.25) is 0 Å². The van der Waals surface area contributed by atoms with Gasteiger partial charge in [0.2, 0.25) is 0 Å². The van der Waals surface area contributed by atoms with E-state index in [2.05, 4.69) is 21.2 Å². The SMILES string of the molecule is O=[SH](=O)CNCBr. The fourth-order valence-corrected chi connectivity index (χ4v) is 0.933. The Hall–Kier alpha value is 0.390. The van der Waals surface area contributed by atoms with Gasteiger partial charge in [0, 0.05) is 0 Å². The zero-order chi connectivity index (χ0) is 5.70. The molecule has 0 radical (unpaired) electrons. The van der Waals surface area contributed by atoms with Crippen molar-refractivity contribution >= 4 is 26.6 Å². The lowest BCUT2D eigenvalue weighted by atomic mass is 11.3. The number of rotatable bonds is 3. The summed E-state index contributed by atoms with van der Waals surface area (Å²) in [5.41, 5.74) is 0.524. The largest absolute Gasteiger partial charge is 0.294 e. The molecule has 3 nitrogen and oxygen atoms in total. The standard InChI is InChI=1S/C2H6BrNO2S/c3-1-4-2-7(5)6/h4,7H,1-2H2. The van der Waals surface area contributed by atoms with Crippen LogP contribution in [-0.4, -0.2) is 19.7 Å². The molecule has 0 atom stereocenters. The van der Waals surface area contributed by atoms with E-state index in [9.17, 15) is 8.42 Å². The van der Waals surface area contributed by atoms with Gasteiger partial charge in [-0.2, -0.15) is 0 Å². The van der Waals surface area contributed by atoms with Gasteiger partial charge in [0.25, 0.3) is 0 Å². The molecule has 0 fully saturated rings. The molecule has 5 heteroatoms. The van der Waals surface area contributed by atoms with Gasteiger partial charge in [-0.15, -0.1) is 0 Å². The lowest BCUT2D eigenvalue weighted by Gasteiger charge is -1.85. The van der Waals surface area contributed by atoms with Crippen molar-refractivity contribution in [3.8, 4) is 0 Å². The van der Waals surface area contributed by atoms with Crippen LogP contribution in [0.25, 0.3) is 0 Å². The number of hydrogen-bond donors (Lipinski definition) is 2. The lowest BCUT2D eigenvalue weighted by Crippen LogP contribution is -2.12. The van der Waals surface area contributed by atoms with Gasteiger partial charge < -0.3 is 0 Å². The topological polar surface area (TPSA) is 46.2 Å². The highest BCUT2D eigenvalue weighted by molar-refractivity contribution is 9.09. The predicted molar refractivity (Wildman–Crippen MR) is 32.1 cm³/mol. The summed E-state index contributed by atoms with van der Waals surface area (Å²) in [7, 11) is -2.25. The van der Waals surface area contributed by atoms with Crippen LogP contribution in [0.15, 0.2) is 0 Å². The Kier molecular flexibility index (Phi) is 4.80. The zero-order valence-electron chi connectivity index (χ0n) is 3.56. The van der Waals surface area contributed by atoms with Gasteiger partial charge in [0.15, 0.2) is 10.7 Å². The van der Waals surface area contributed by atoms with Crippen LogP contribution in [0, 0.1) is 0 Å². The van der Waals surface area contributed by atoms with Crippen molar-refractivity contribution in [3.63, 3.8) is 0 Å². The van der Waals surface area contributed by atoms with E-state index >= 15 is 0 Å². The first kappa shape index (κ1) is 7.39. The third kappa shape index (κ3) is 6.39. The minimum absolute atomic E-state index is 0.0561. The van der Waals surface area contributed by atoms with Gasteiger partial charge in [-0.3, -0.25) is 5.32 Å². The molecular weight excluding hydrogens is 182 g/mol. The minimum atomic E-state index is -2.25. The summed E-state index contributed by atoms with van der Waals surface area (Å²) in [5, 5.41) is 2.57. The number of alkyl halides is 1. The molecule has 0 amide bonds. The molecule has 0 aliphatic carbocycles. The molecule has 0 aliphatic heterocycles. The van der Waals surface area contributed by atoms with Crippen LogP contribution in [0.3, 0.4) is 0 Å². The number of halogens is 1. The van der Waals surface area contributed by atoms with Crippen molar-refractivity contribution < 1.29 is 8.42 Å². The molecule has 1 N–H and O–H groups in total. The number of thiol groups is 1. The molecular formula is C2H6BrNO2S. The molecule has 0 heterocycles. The first-order valence-corrected chi connectivity index (χ1v) is 4.14. The van der Waals surface area contributed by atoms with E-state index in [4.69, 9.17) is 0 Å². The van der Waals surface area contributed by atoms with Crippen molar-refractivity contribution in [2.45, 2.75) is 0 Å². The predicted octanol–water partition coefficient (Wildman–Crippen LogP) is -0.503. The van der Waals surface area contributed by atoms with Crippen molar-refractivity contribution in [2.75, 3.05) is 11.3 Å². The molecule has 0 aromatic heterocycles.